The van der Waals surface area contributed by atoms with Crippen LogP contribution in [0, 0.1) is 0 Å². The van der Waals surface area contributed by atoms with E-state index in [1.54, 1.807) is 36.5 Å². The monoisotopic (exact) mass is 447 g/mol. The first-order valence-electron chi connectivity index (χ1n) is 9.98. The van der Waals surface area contributed by atoms with E-state index < -0.39 is 11.5 Å². The Morgan fingerprint density at radius 3 is 2.66 bits per heavy atom. The second-order valence-electron chi connectivity index (χ2n) is 7.36. The van der Waals surface area contributed by atoms with Crippen LogP contribution < -0.4 is 20.3 Å². The Bertz CT molecular complexity index is 1380. The van der Waals surface area contributed by atoms with Crippen molar-refractivity contribution in [1.82, 2.24) is 14.9 Å². The summed E-state index contributed by atoms with van der Waals surface area (Å²) in [5, 5.41) is 4.14. The summed E-state index contributed by atoms with van der Waals surface area (Å²) in [6.07, 6.45) is 1.62. The highest BCUT2D eigenvalue weighted by molar-refractivity contribution is 6.30. The average molecular weight is 448 g/mol. The van der Waals surface area contributed by atoms with Crippen LogP contribution in [-0.2, 0) is 13.1 Å². The molecule has 1 amide bonds. The highest BCUT2D eigenvalue weighted by Crippen LogP contribution is 2.32. The largest absolute Gasteiger partial charge is 0.454 e. The molecule has 8 heteroatoms. The number of benzene rings is 2. The Kier molecular flexibility index (Phi) is 5.25. The number of nitrogens with one attached hydrogen (secondary N) is 1. The lowest BCUT2D eigenvalue weighted by Crippen LogP contribution is -2.33. The molecule has 0 bridgehead atoms. The van der Waals surface area contributed by atoms with Crippen LogP contribution in [0.4, 0.5) is 0 Å². The lowest BCUT2D eigenvalue weighted by atomic mass is 10.1. The maximum Gasteiger partial charge on any atom is 0.265 e. The fraction of sp³-hybridized carbons (Fsp3) is 0.125. The van der Waals surface area contributed by atoms with Gasteiger partial charge >= 0.3 is 0 Å². The van der Waals surface area contributed by atoms with Gasteiger partial charge in [0.1, 0.15) is 11.2 Å². The number of hydrogen-bond donors (Lipinski definition) is 1. The number of rotatable bonds is 5. The minimum Gasteiger partial charge on any atom is -0.454 e. The van der Waals surface area contributed by atoms with Gasteiger partial charge in [-0.1, -0.05) is 29.8 Å². The Balaban J connectivity index is 1.45. The summed E-state index contributed by atoms with van der Waals surface area (Å²) in [6, 6.07) is 17.8. The number of fused-ring (bicyclic) bond motifs is 2. The van der Waals surface area contributed by atoms with Gasteiger partial charge in [0.05, 0.1) is 6.54 Å². The second kappa shape index (κ2) is 8.36. The summed E-state index contributed by atoms with van der Waals surface area (Å²) in [5.41, 5.74) is 1.88. The van der Waals surface area contributed by atoms with E-state index in [4.69, 9.17) is 21.1 Å². The molecule has 0 radical (unpaired) electrons. The van der Waals surface area contributed by atoms with Crippen molar-refractivity contribution in [1.29, 1.82) is 0 Å². The minimum absolute atomic E-state index is 0.0557. The lowest BCUT2D eigenvalue weighted by molar-refractivity contribution is 0.0949. The van der Waals surface area contributed by atoms with Crippen LogP contribution >= 0.6 is 11.6 Å². The first-order valence-corrected chi connectivity index (χ1v) is 10.4. The number of pyridine rings is 2. The maximum atomic E-state index is 13.3. The van der Waals surface area contributed by atoms with Crippen molar-refractivity contribution < 1.29 is 14.3 Å². The molecule has 2 aromatic heterocycles. The van der Waals surface area contributed by atoms with E-state index in [9.17, 15) is 9.59 Å². The number of carbonyl (C=O) groups is 1. The molecule has 0 unspecified atom stereocenters. The minimum atomic E-state index is -0.455. The van der Waals surface area contributed by atoms with E-state index in [1.165, 1.54) is 4.57 Å². The number of nitrogens with zero attached hydrogens (tertiary/aromatic N) is 2. The molecular formula is C24H18ClN3O4. The molecule has 0 saturated carbocycles. The van der Waals surface area contributed by atoms with Crippen LogP contribution in [0.5, 0.6) is 11.5 Å². The number of ether oxygens (including phenoxy) is 2. The van der Waals surface area contributed by atoms with E-state index in [1.807, 2.05) is 30.3 Å². The third-order valence-corrected chi connectivity index (χ3v) is 5.49. The molecule has 1 aliphatic rings. The second-order valence-corrected chi connectivity index (χ2v) is 7.80. The number of halogens is 1. The number of aromatic nitrogens is 2. The van der Waals surface area contributed by atoms with Crippen molar-refractivity contribution in [2.75, 3.05) is 6.79 Å². The highest BCUT2D eigenvalue weighted by Gasteiger charge is 2.18. The fourth-order valence-electron chi connectivity index (χ4n) is 3.62. The zero-order valence-corrected chi connectivity index (χ0v) is 17.6. The van der Waals surface area contributed by atoms with Gasteiger partial charge in [0.2, 0.25) is 6.79 Å². The van der Waals surface area contributed by atoms with E-state index in [0.717, 1.165) is 11.1 Å². The molecule has 1 aliphatic heterocycles. The zero-order chi connectivity index (χ0) is 22.1. The summed E-state index contributed by atoms with van der Waals surface area (Å²) in [4.78, 5) is 30.6. The van der Waals surface area contributed by atoms with E-state index in [2.05, 4.69) is 10.3 Å². The van der Waals surface area contributed by atoms with Crippen molar-refractivity contribution in [3.63, 3.8) is 0 Å². The molecule has 7 nitrogen and oxygen atoms in total. The number of amides is 1. The van der Waals surface area contributed by atoms with Gasteiger partial charge in [-0.15, -0.1) is 0 Å². The molecule has 0 atom stereocenters. The van der Waals surface area contributed by atoms with Crippen molar-refractivity contribution in [2.24, 2.45) is 0 Å². The first kappa shape index (κ1) is 20.1. The predicted molar refractivity (Wildman–Crippen MR) is 120 cm³/mol. The van der Waals surface area contributed by atoms with Crippen LogP contribution in [0.25, 0.3) is 11.0 Å². The summed E-state index contributed by atoms with van der Waals surface area (Å²) in [6.45, 7) is 0.702. The van der Waals surface area contributed by atoms with Gasteiger partial charge in [-0.3, -0.25) is 14.2 Å². The third kappa shape index (κ3) is 3.90. The van der Waals surface area contributed by atoms with Gasteiger partial charge in [-0.2, -0.15) is 0 Å². The molecular weight excluding hydrogens is 430 g/mol. The topological polar surface area (TPSA) is 82.4 Å². The first-order chi connectivity index (χ1) is 15.6. The molecule has 3 heterocycles. The molecule has 0 fully saturated rings. The third-order valence-electron chi connectivity index (χ3n) is 5.24. The summed E-state index contributed by atoms with van der Waals surface area (Å²) in [7, 11) is 0. The predicted octanol–water partition coefficient (Wildman–Crippen LogP) is 3.76. The molecule has 32 heavy (non-hydrogen) atoms. The maximum absolute atomic E-state index is 13.3. The average Bonchev–Trinajstić information content (AvgIpc) is 3.28. The Morgan fingerprint density at radius 2 is 1.81 bits per heavy atom. The van der Waals surface area contributed by atoms with Crippen molar-refractivity contribution >= 4 is 28.5 Å². The molecule has 1 N–H and O–H groups in total. The van der Waals surface area contributed by atoms with Gasteiger partial charge in [0.15, 0.2) is 11.5 Å². The van der Waals surface area contributed by atoms with Gasteiger partial charge in [0, 0.05) is 23.2 Å². The van der Waals surface area contributed by atoms with Crippen LogP contribution in [0.3, 0.4) is 0 Å². The smallest absolute Gasteiger partial charge is 0.265 e. The lowest BCUT2D eigenvalue weighted by Gasteiger charge is -2.13. The van der Waals surface area contributed by atoms with Crippen LogP contribution in [0.15, 0.2) is 71.7 Å². The number of hydrogen-bond acceptors (Lipinski definition) is 5. The van der Waals surface area contributed by atoms with E-state index in [0.29, 0.717) is 27.6 Å². The summed E-state index contributed by atoms with van der Waals surface area (Å²) in [5.74, 6) is 0.856. The van der Waals surface area contributed by atoms with Crippen molar-refractivity contribution in [2.45, 2.75) is 13.1 Å². The van der Waals surface area contributed by atoms with E-state index in [-0.39, 0.29) is 25.4 Å². The highest BCUT2D eigenvalue weighted by atomic mass is 35.5. The fourth-order valence-corrected chi connectivity index (χ4v) is 3.74. The van der Waals surface area contributed by atoms with Crippen LogP contribution in [0.1, 0.15) is 21.5 Å². The molecule has 0 saturated heterocycles. The van der Waals surface area contributed by atoms with Crippen LogP contribution in [-0.4, -0.2) is 22.3 Å². The van der Waals surface area contributed by atoms with Crippen molar-refractivity contribution in [3.05, 3.63) is 98.9 Å². The normalized spacial score (nSPS) is 12.2. The van der Waals surface area contributed by atoms with Gasteiger partial charge < -0.3 is 14.8 Å². The molecule has 0 spiro atoms. The van der Waals surface area contributed by atoms with Gasteiger partial charge in [0.25, 0.3) is 11.5 Å². The Morgan fingerprint density at radius 1 is 1.03 bits per heavy atom. The summed E-state index contributed by atoms with van der Waals surface area (Å²) >= 11 is 5.98. The van der Waals surface area contributed by atoms with Gasteiger partial charge in [-0.05, 0) is 53.6 Å². The Hall–Kier alpha value is -3.84. The number of carbonyl (C=O) groups excluding carboxylic acids is 1. The van der Waals surface area contributed by atoms with Crippen molar-refractivity contribution in [3.8, 4) is 11.5 Å². The SMILES string of the molecule is O=C(NCc1ccc2c(c1)OCO2)c1cc2cccnc2n(Cc2ccc(Cl)cc2)c1=O. The molecule has 2 aromatic carbocycles. The molecule has 160 valence electrons. The molecule has 5 rings (SSSR count). The molecule has 0 aliphatic carbocycles. The van der Waals surface area contributed by atoms with Crippen LogP contribution in [0.2, 0.25) is 5.02 Å². The summed E-state index contributed by atoms with van der Waals surface area (Å²) < 4.78 is 12.2. The standard InChI is InChI=1S/C24H18ClN3O4/c25-18-6-3-15(4-7-18)13-28-22-17(2-1-9-26-22)11-19(24(28)30)23(29)27-12-16-5-8-20-21(10-16)32-14-31-20/h1-11H,12-14H2,(H,27,29). The molecule has 4 aromatic rings. The quantitative estimate of drug-likeness (QED) is 0.503. The van der Waals surface area contributed by atoms with E-state index >= 15 is 0 Å². The zero-order valence-electron chi connectivity index (χ0n) is 16.9. The van der Waals surface area contributed by atoms with Gasteiger partial charge in [-0.25, -0.2) is 4.98 Å². The Labute approximate surface area is 188 Å².